The molecule has 104 valence electrons. The van der Waals surface area contributed by atoms with Gasteiger partial charge in [0.1, 0.15) is 22.7 Å². The summed E-state index contributed by atoms with van der Waals surface area (Å²) in [6, 6.07) is 6.44. The molecule has 0 fully saturated rings. The van der Waals surface area contributed by atoms with Gasteiger partial charge < -0.3 is 9.47 Å². The molecule has 0 spiro atoms. The van der Waals surface area contributed by atoms with E-state index in [9.17, 15) is 10.1 Å². The lowest BCUT2D eigenvalue weighted by atomic mass is 10.2. The van der Waals surface area contributed by atoms with Crippen molar-refractivity contribution < 1.29 is 14.4 Å². The maximum absolute atomic E-state index is 10.6. The fraction of sp³-hybridized carbons (Fsp3) is 0.154. The van der Waals surface area contributed by atoms with E-state index in [4.69, 9.17) is 21.1 Å². The molecule has 2 aromatic rings. The Balaban J connectivity index is 2.28. The van der Waals surface area contributed by atoms with Gasteiger partial charge in [-0.1, -0.05) is 17.7 Å². The Morgan fingerprint density at radius 3 is 2.70 bits per heavy atom. The SMILES string of the molecule is COc1cc(Oc2ncc([N+](=O)[O-])cc2Cl)ccc1C. The smallest absolute Gasteiger partial charge is 0.289 e. The molecule has 20 heavy (non-hydrogen) atoms. The normalized spacial score (nSPS) is 10.2. The van der Waals surface area contributed by atoms with Crippen LogP contribution in [0.3, 0.4) is 0 Å². The molecule has 0 aliphatic rings. The van der Waals surface area contributed by atoms with Crippen LogP contribution in [-0.4, -0.2) is 17.0 Å². The number of aromatic nitrogens is 1. The Kier molecular flexibility index (Phi) is 4.05. The topological polar surface area (TPSA) is 74.5 Å². The Hall–Kier alpha value is -2.34. The summed E-state index contributed by atoms with van der Waals surface area (Å²) >= 11 is 5.91. The van der Waals surface area contributed by atoms with Crippen LogP contribution in [-0.2, 0) is 0 Å². The Labute approximate surface area is 120 Å². The van der Waals surface area contributed by atoms with Crippen LogP contribution >= 0.6 is 11.6 Å². The van der Waals surface area contributed by atoms with E-state index in [1.807, 2.05) is 13.0 Å². The minimum Gasteiger partial charge on any atom is -0.496 e. The maximum Gasteiger partial charge on any atom is 0.289 e. The highest BCUT2D eigenvalue weighted by molar-refractivity contribution is 6.32. The zero-order valence-corrected chi connectivity index (χ0v) is 11.5. The van der Waals surface area contributed by atoms with Crippen LogP contribution in [0.4, 0.5) is 5.69 Å². The number of hydrogen-bond acceptors (Lipinski definition) is 5. The van der Waals surface area contributed by atoms with E-state index >= 15 is 0 Å². The second-order valence-electron chi connectivity index (χ2n) is 3.97. The first-order valence-corrected chi connectivity index (χ1v) is 6.01. The van der Waals surface area contributed by atoms with Gasteiger partial charge in [-0.25, -0.2) is 4.98 Å². The second kappa shape index (κ2) is 5.75. The van der Waals surface area contributed by atoms with E-state index in [1.165, 1.54) is 6.07 Å². The fourth-order valence-corrected chi connectivity index (χ4v) is 1.76. The highest BCUT2D eigenvalue weighted by Crippen LogP contribution is 2.32. The molecular formula is C13H11ClN2O4. The van der Waals surface area contributed by atoms with Gasteiger partial charge >= 0.3 is 0 Å². The van der Waals surface area contributed by atoms with Crippen LogP contribution < -0.4 is 9.47 Å². The van der Waals surface area contributed by atoms with E-state index in [2.05, 4.69) is 4.98 Å². The maximum atomic E-state index is 10.6. The third-order valence-electron chi connectivity index (χ3n) is 2.60. The first kappa shape index (κ1) is 14.1. The van der Waals surface area contributed by atoms with E-state index < -0.39 is 4.92 Å². The number of benzene rings is 1. The number of methoxy groups -OCH3 is 1. The van der Waals surface area contributed by atoms with Crippen molar-refractivity contribution in [1.82, 2.24) is 4.98 Å². The summed E-state index contributed by atoms with van der Waals surface area (Å²) < 4.78 is 10.7. The molecule has 0 saturated heterocycles. The van der Waals surface area contributed by atoms with Crippen molar-refractivity contribution in [3.05, 3.63) is 51.2 Å². The van der Waals surface area contributed by atoms with Gasteiger partial charge in [0.25, 0.3) is 5.69 Å². The van der Waals surface area contributed by atoms with Gasteiger partial charge in [0.05, 0.1) is 12.0 Å². The van der Waals surface area contributed by atoms with Crippen molar-refractivity contribution >= 4 is 17.3 Å². The predicted octanol–water partition coefficient (Wildman–Crippen LogP) is 3.75. The van der Waals surface area contributed by atoms with E-state index in [0.29, 0.717) is 11.5 Å². The lowest BCUT2D eigenvalue weighted by molar-refractivity contribution is -0.385. The van der Waals surface area contributed by atoms with Crippen LogP contribution in [0.5, 0.6) is 17.4 Å². The zero-order chi connectivity index (χ0) is 14.7. The highest BCUT2D eigenvalue weighted by atomic mass is 35.5. The molecule has 0 N–H and O–H groups in total. The average Bonchev–Trinajstić information content (AvgIpc) is 2.42. The van der Waals surface area contributed by atoms with E-state index in [1.54, 1.807) is 19.2 Å². The minimum atomic E-state index is -0.572. The predicted molar refractivity (Wildman–Crippen MR) is 73.7 cm³/mol. The molecule has 0 amide bonds. The Morgan fingerprint density at radius 2 is 2.10 bits per heavy atom. The van der Waals surface area contributed by atoms with Crippen molar-refractivity contribution in [3.8, 4) is 17.4 Å². The number of nitrogens with zero attached hydrogens (tertiary/aromatic N) is 2. The number of pyridine rings is 1. The number of rotatable bonds is 4. The van der Waals surface area contributed by atoms with Crippen LogP contribution in [0.1, 0.15) is 5.56 Å². The summed E-state index contributed by atoms with van der Waals surface area (Å²) in [7, 11) is 1.56. The Bertz CT molecular complexity index is 661. The number of hydrogen-bond donors (Lipinski definition) is 0. The molecule has 1 aromatic carbocycles. The minimum absolute atomic E-state index is 0.0683. The van der Waals surface area contributed by atoms with Gasteiger partial charge in [0.15, 0.2) is 0 Å². The summed E-state index contributed by atoms with van der Waals surface area (Å²) in [6.07, 6.45) is 1.09. The molecule has 0 aliphatic carbocycles. The molecule has 2 rings (SSSR count). The monoisotopic (exact) mass is 294 g/mol. The number of nitro groups is 1. The first-order valence-electron chi connectivity index (χ1n) is 5.63. The molecule has 0 aliphatic heterocycles. The summed E-state index contributed by atoms with van der Waals surface area (Å²) in [5, 5.41) is 10.7. The van der Waals surface area contributed by atoms with Gasteiger partial charge in [-0.15, -0.1) is 0 Å². The first-order chi connectivity index (χ1) is 9.51. The molecule has 0 unspecified atom stereocenters. The summed E-state index contributed by atoms with van der Waals surface area (Å²) in [5.74, 6) is 1.25. The highest BCUT2D eigenvalue weighted by Gasteiger charge is 2.13. The lowest BCUT2D eigenvalue weighted by Gasteiger charge is -2.09. The van der Waals surface area contributed by atoms with Crippen LogP contribution in [0.15, 0.2) is 30.5 Å². The third kappa shape index (κ3) is 2.97. The molecule has 1 heterocycles. The summed E-state index contributed by atoms with van der Waals surface area (Å²) in [6.45, 7) is 1.90. The van der Waals surface area contributed by atoms with Crippen molar-refractivity contribution in [1.29, 1.82) is 0 Å². The standard InChI is InChI=1S/C13H11ClN2O4/c1-8-3-4-10(6-12(8)19-2)20-13-11(14)5-9(7-15-13)16(17)18/h3-7H,1-2H3. The molecule has 0 atom stereocenters. The quantitative estimate of drug-likeness (QED) is 0.634. The van der Waals surface area contributed by atoms with E-state index in [-0.39, 0.29) is 16.6 Å². The van der Waals surface area contributed by atoms with Crippen molar-refractivity contribution in [2.75, 3.05) is 7.11 Å². The number of halogens is 1. The fourth-order valence-electron chi connectivity index (χ4n) is 1.57. The molecule has 6 nitrogen and oxygen atoms in total. The van der Waals surface area contributed by atoms with Gasteiger partial charge in [0, 0.05) is 12.1 Å². The molecular weight excluding hydrogens is 284 g/mol. The molecule has 0 bridgehead atoms. The molecule has 0 radical (unpaired) electrons. The van der Waals surface area contributed by atoms with Crippen molar-refractivity contribution in [2.45, 2.75) is 6.92 Å². The molecule has 7 heteroatoms. The van der Waals surface area contributed by atoms with Crippen LogP contribution in [0.25, 0.3) is 0 Å². The number of aryl methyl sites for hydroxylation is 1. The van der Waals surface area contributed by atoms with Crippen molar-refractivity contribution in [2.24, 2.45) is 0 Å². The number of ether oxygens (including phenoxy) is 2. The average molecular weight is 295 g/mol. The van der Waals surface area contributed by atoms with Gasteiger partial charge in [-0.3, -0.25) is 10.1 Å². The third-order valence-corrected chi connectivity index (χ3v) is 2.87. The largest absolute Gasteiger partial charge is 0.496 e. The lowest BCUT2D eigenvalue weighted by Crippen LogP contribution is -1.94. The van der Waals surface area contributed by atoms with E-state index in [0.717, 1.165) is 11.8 Å². The molecule has 0 saturated carbocycles. The van der Waals surface area contributed by atoms with Gasteiger partial charge in [-0.2, -0.15) is 0 Å². The van der Waals surface area contributed by atoms with Crippen LogP contribution in [0, 0.1) is 17.0 Å². The van der Waals surface area contributed by atoms with Crippen molar-refractivity contribution in [3.63, 3.8) is 0 Å². The summed E-state index contributed by atoms with van der Waals surface area (Å²) in [5.41, 5.74) is 0.770. The Morgan fingerprint density at radius 1 is 1.35 bits per heavy atom. The van der Waals surface area contributed by atoms with Crippen LogP contribution in [0.2, 0.25) is 5.02 Å². The molecule has 1 aromatic heterocycles. The zero-order valence-electron chi connectivity index (χ0n) is 10.8. The van der Waals surface area contributed by atoms with Gasteiger partial charge in [0.2, 0.25) is 5.88 Å². The summed E-state index contributed by atoms with van der Waals surface area (Å²) in [4.78, 5) is 13.9. The second-order valence-corrected chi connectivity index (χ2v) is 4.38. The van der Waals surface area contributed by atoms with Gasteiger partial charge in [-0.05, 0) is 18.6 Å².